The zero-order valence-electron chi connectivity index (χ0n) is 11.3. The molecule has 0 fully saturated rings. The van der Waals surface area contributed by atoms with Crippen molar-refractivity contribution in [1.29, 1.82) is 0 Å². The molecule has 0 spiro atoms. The third kappa shape index (κ3) is 6.73. The van der Waals surface area contributed by atoms with E-state index in [9.17, 15) is 4.79 Å². The van der Waals surface area contributed by atoms with Gasteiger partial charge in [0.2, 0.25) is 5.91 Å². The predicted octanol–water partition coefficient (Wildman–Crippen LogP) is 0.976. The van der Waals surface area contributed by atoms with Crippen LogP contribution in [0.2, 0.25) is 0 Å². The minimum absolute atomic E-state index is 0.0473. The number of hydrogen-bond donors (Lipinski definition) is 1. The van der Waals surface area contributed by atoms with Crippen LogP contribution in [0.15, 0.2) is 24.5 Å². The van der Waals surface area contributed by atoms with Crippen molar-refractivity contribution >= 4 is 5.91 Å². The number of carbonyl (C=O) groups is 1. The zero-order valence-corrected chi connectivity index (χ0v) is 11.3. The SMILES string of the molecule is COC(CNC(=O)CCCOc1cccnc1)OC. The highest BCUT2D eigenvalue weighted by Crippen LogP contribution is 2.06. The Morgan fingerprint density at radius 3 is 2.84 bits per heavy atom. The van der Waals surface area contributed by atoms with E-state index in [1.54, 1.807) is 18.5 Å². The highest BCUT2D eigenvalue weighted by molar-refractivity contribution is 5.75. The number of methoxy groups -OCH3 is 2. The van der Waals surface area contributed by atoms with Gasteiger partial charge in [0.1, 0.15) is 5.75 Å². The molecule has 0 radical (unpaired) electrons. The minimum atomic E-state index is -0.407. The molecule has 1 heterocycles. The normalized spacial score (nSPS) is 10.5. The summed E-state index contributed by atoms with van der Waals surface area (Å²) in [5, 5.41) is 2.73. The van der Waals surface area contributed by atoms with Crippen LogP contribution >= 0.6 is 0 Å². The van der Waals surface area contributed by atoms with Crippen LogP contribution in [0.1, 0.15) is 12.8 Å². The molecule has 6 heteroatoms. The Bertz CT molecular complexity index is 355. The van der Waals surface area contributed by atoms with Crippen molar-refractivity contribution in [3.63, 3.8) is 0 Å². The van der Waals surface area contributed by atoms with E-state index >= 15 is 0 Å². The molecule has 1 amide bonds. The lowest BCUT2D eigenvalue weighted by Gasteiger charge is -2.13. The maximum Gasteiger partial charge on any atom is 0.220 e. The maximum atomic E-state index is 11.5. The molecule has 0 aromatic carbocycles. The van der Waals surface area contributed by atoms with Gasteiger partial charge in [-0.3, -0.25) is 9.78 Å². The molecule has 19 heavy (non-hydrogen) atoms. The number of rotatable bonds is 9. The van der Waals surface area contributed by atoms with Crippen molar-refractivity contribution in [2.75, 3.05) is 27.4 Å². The van der Waals surface area contributed by atoms with Crippen LogP contribution in [-0.2, 0) is 14.3 Å². The maximum absolute atomic E-state index is 11.5. The Morgan fingerprint density at radius 1 is 1.42 bits per heavy atom. The largest absolute Gasteiger partial charge is 0.492 e. The second-order valence-corrected chi connectivity index (χ2v) is 3.85. The first-order valence-corrected chi connectivity index (χ1v) is 6.11. The Kier molecular flexibility index (Phi) is 7.53. The molecule has 6 nitrogen and oxygen atoms in total. The topological polar surface area (TPSA) is 69.7 Å². The number of nitrogens with one attached hydrogen (secondary N) is 1. The Labute approximate surface area is 113 Å². The molecule has 1 aromatic rings. The standard InChI is InChI=1S/C13H20N2O4/c1-17-13(18-2)10-15-12(16)6-4-8-19-11-5-3-7-14-9-11/h3,5,7,9,13H,4,6,8,10H2,1-2H3,(H,15,16). The van der Waals surface area contributed by atoms with Gasteiger partial charge in [0.25, 0.3) is 0 Å². The van der Waals surface area contributed by atoms with E-state index in [0.717, 1.165) is 0 Å². The average molecular weight is 268 g/mol. The number of aromatic nitrogens is 1. The Morgan fingerprint density at radius 2 is 2.21 bits per heavy atom. The van der Waals surface area contributed by atoms with Gasteiger partial charge in [0.15, 0.2) is 6.29 Å². The summed E-state index contributed by atoms with van der Waals surface area (Å²) in [5.74, 6) is 0.663. The fraction of sp³-hybridized carbons (Fsp3) is 0.538. The van der Waals surface area contributed by atoms with Crippen LogP contribution in [-0.4, -0.2) is 44.6 Å². The van der Waals surface area contributed by atoms with Gasteiger partial charge < -0.3 is 19.5 Å². The van der Waals surface area contributed by atoms with Gasteiger partial charge in [0, 0.05) is 26.8 Å². The molecule has 0 atom stereocenters. The van der Waals surface area contributed by atoms with Gasteiger partial charge in [-0.1, -0.05) is 0 Å². The van der Waals surface area contributed by atoms with Crippen molar-refractivity contribution in [2.24, 2.45) is 0 Å². The van der Waals surface area contributed by atoms with Gasteiger partial charge >= 0.3 is 0 Å². The number of pyridine rings is 1. The van der Waals surface area contributed by atoms with E-state index in [0.29, 0.717) is 31.7 Å². The number of nitrogens with zero attached hydrogens (tertiary/aromatic N) is 1. The van der Waals surface area contributed by atoms with Crippen molar-refractivity contribution in [2.45, 2.75) is 19.1 Å². The van der Waals surface area contributed by atoms with Crippen LogP contribution in [0.4, 0.5) is 0 Å². The quantitative estimate of drug-likeness (QED) is 0.534. The van der Waals surface area contributed by atoms with E-state index < -0.39 is 6.29 Å². The van der Waals surface area contributed by atoms with Gasteiger partial charge in [-0.15, -0.1) is 0 Å². The number of hydrogen-bond acceptors (Lipinski definition) is 5. The first-order chi connectivity index (χ1) is 9.26. The van der Waals surface area contributed by atoms with Crippen molar-refractivity contribution in [3.8, 4) is 5.75 Å². The molecule has 0 unspecified atom stereocenters. The van der Waals surface area contributed by atoms with Gasteiger partial charge in [-0.25, -0.2) is 0 Å². The summed E-state index contributed by atoms with van der Waals surface area (Å²) in [6, 6.07) is 3.63. The van der Waals surface area contributed by atoms with Crippen LogP contribution < -0.4 is 10.1 Å². The summed E-state index contributed by atoms with van der Waals surface area (Å²) in [6.45, 7) is 0.826. The summed E-state index contributed by atoms with van der Waals surface area (Å²) in [7, 11) is 3.06. The highest BCUT2D eigenvalue weighted by atomic mass is 16.7. The minimum Gasteiger partial charge on any atom is -0.492 e. The fourth-order valence-corrected chi connectivity index (χ4v) is 1.40. The zero-order chi connectivity index (χ0) is 13.9. The number of carbonyl (C=O) groups excluding carboxylic acids is 1. The first kappa shape index (κ1) is 15.4. The second kappa shape index (κ2) is 9.29. The van der Waals surface area contributed by atoms with Crippen molar-refractivity contribution in [3.05, 3.63) is 24.5 Å². The third-order valence-electron chi connectivity index (χ3n) is 2.44. The lowest BCUT2D eigenvalue weighted by atomic mass is 10.3. The van der Waals surface area contributed by atoms with Gasteiger partial charge in [-0.05, 0) is 18.6 Å². The van der Waals surface area contributed by atoms with Crippen LogP contribution in [0.3, 0.4) is 0 Å². The van der Waals surface area contributed by atoms with Gasteiger partial charge in [-0.2, -0.15) is 0 Å². The smallest absolute Gasteiger partial charge is 0.220 e. The summed E-state index contributed by atoms with van der Waals surface area (Å²) in [6.07, 6.45) is 3.96. The molecule has 1 rings (SSSR count). The fourth-order valence-electron chi connectivity index (χ4n) is 1.40. The molecule has 0 aliphatic carbocycles. The summed E-state index contributed by atoms with van der Waals surface area (Å²) < 4.78 is 15.4. The van der Waals surface area contributed by atoms with E-state index in [1.165, 1.54) is 14.2 Å². The summed E-state index contributed by atoms with van der Waals surface area (Å²) in [4.78, 5) is 15.4. The van der Waals surface area contributed by atoms with Crippen LogP contribution in [0.25, 0.3) is 0 Å². The van der Waals surface area contributed by atoms with Crippen LogP contribution in [0, 0.1) is 0 Å². The molecule has 0 saturated heterocycles. The molecule has 106 valence electrons. The summed E-state index contributed by atoms with van der Waals surface area (Å²) >= 11 is 0. The van der Waals surface area contributed by atoms with E-state index in [-0.39, 0.29) is 5.91 Å². The number of ether oxygens (including phenoxy) is 3. The molecule has 0 saturated carbocycles. The molecule has 0 aliphatic rings. The van der Waals surface area contributed by atoms with E-state index in [1.807, 2.05) is 6.07 Å². The lowest BCUT2D eigenvalue weighted by Crippen LogP contribution is -2.34. The molecular weight excluding hydrogens is 248 g/mol. The van der Waals surface area contributed by atoms with E-state index in [4.69, 9.17) is 14.2 Å². The molecule has 1 N–H and O–H groups in total. The molecular formula is C13H20N2O4. The summed E-state index contributed by atoms with van der Waals surface area (Å²) in [5.41, 5.74) is 0. The Hall–Kier alpha value is -1.66. The third-order valence-corrected chi connectivity index (χ3v) is 2.44. The van der Waals surface area contributed by atoms with Gasteiger partial charge in [0.05, 0.1) is 19.3 Å². The monoisotopic (exact) mass is 268 g/mol. The van der Waals surface area contributed by atoms with E-state index in [2.05, 4.69) is 10.3 Å². The molecule has 0 aliphatic heterocycles. The van der Waals surface area contributed by atoms with Crippen molar-refractivity contribution < 1.29 is 19.0 Å². The van der Waals surface area contributed by atoms with Crippen molar-refractivity contribution in [1.82, 2.24) is 10.3 Å². The lowest BCUT2D eigenvalue weighted by molar-refractivity contribution is -0.127. The highest BCUT2D eigenvalue weighted by Gasteiger charge is 2.07. The predicted molar refractivity (Wildman–Crippen MR) is 69.8 cm³/mol. The molecule has 0 bridgehead atoms. The van der Waals surface area contributed by atoms with Crippen LogP contribution in [0.5, 0.6) is 5.75 Å². The second-order valence-electron chi connectivity index (χ2n) is 3.85. The Balaban J connectivity index is 2.07. The number of amides is 1. The first-order valence-electron chi connectivity index (χ1n) is 6.11. The average Bonchev–Trinajstić information content (AvgIpc) is 2.46. The molecule has 1 aromatic heterocycles.